The van der Waals surface area contributed by atoms with Gasteiger partial charge in [-0.2, -0.15) is 10.4 Å². The molecule has 0 aliphatic heterocycles. The van der Waals surface area contributed by atoms with Crippen LogP contribution in [0.2, 0.25) is 0 Å². The number of nitriles is 1. The first-order valence-corrected chi connectivity index (χ1v) is 5.62. The van der Waals surface area contributed by atoms with Crippen LogP contribution in [-0.4, -0.2) is 21.1 Å². The minimum atomic E-state index is -0.283. The summed E-state index contributed by atoms with van der Waals surface area (Å²) in [6.07, 6.45) is 1.36. The Labute approximate surface area is 101 Å². The summed E-state index contributed by atoms with van der Waals surface area (Å²) < 4.78 is 0. The van der Waals surface area contributed by atoms with Crippen molar-refractivity contribution >= 4 is 23.1 Å². The molecule has 0 radical (unpaired) electrons. The average Bonchev–Trinajstić information content (AvgIpc) is 2.84. The van der Waals surface area contributed by atoms with Crippen molar-refractivity contribution in [2.24, 2.45) is 0 Å². The van der Waals surface area contributed by atoms with Crippen molar-refractivity contribution in [2.45, 2.75) is 13.8 Å². The number of rotatable bonds is 2. The van der Waals surface area contributed by atoms with Gasteiger partial charge in [-0.1, -0.05) is 0 Å². The lowest BCUT2D eigenvalue weighted by atomic mass is 10.3. The molecule has 2 heterocycles. The molecule has 0 aromatic carbocycles. The number of aromatic amines is 1. The van der Waals surface area contributed by atoms with Gasteiger partial charge in [0.25, 0.3) is 5.91 Å². The van der Waals surface area contributed by atoms with Crippen molar-refractivity contribution in [2.75, 3.05) is 5.32 Å². The second-order valence-corrected chi connectivity index (χ2v) is 4.58. The first-order valence-electron chi connectivity index (χ1n) is 4.80. The van der Waals surface area contributed by atoms with Crippen molar-refractivity contribution in [3.05, 3.63) is 27.3 Å². The lowest BCUT2D eigenvalue weighted by Gasteiger charge is -2.00. The van der Waals surface area contributed by atoms with E-state index in [0.29, 0.717) is 22.0 Å². The van der Waals surface area contributed by atoms with E-state index >= 15 is 0 Å². The van der Waals surface area contributed by atoms with Crippen molar-refractivity contribution < 1.29 is 4.79 Å². The molecule has 1 amide bonds. The zero-order valence-electron chi connectivity index (χ0n) is 9.24. The molecule has 0 saturated heterocycles. The van der Waals surface area contributed by atoms with Crippen LogP contribution in [0.25, 0.3) is 0 Å². The normalized spacial score (nSPS) is 9.94. The highest BCUT2D eigenvalue weighted by molar-refractivity contribution is 7.13. The van der Waals surface area contributed by atoms with Gasteiger partial charge >= 0.3 is 0 Å². The summed E-state index contributed by atoms with van der Waals surface area (Å²) in [7, 11) is 0. The van der Waals surface area contributed by atoms with Crippen LogP contribution in [0.4, 0.5) is 5.82 Å². The Hall–Kier alpha value is -2.20. The fraction of sp³-hybridized carbons (Fsp3) is 0.200. The first kappa shape index (κ1) is 11.3. The Kier molecular flexibility index (Phi) is 2.89. The number of aryl methyl sites for hydroxylation is 2. The molecule has 7 heteroatoms. The number of H-pyrrole nitrogens is 1. The predicted molar refractivity (Wildman–Crippen MR) is 62.8 cm³/mol. The van der Waals surface area contributed by atoms with E-state index < -0.39 is 0 Å². The van der Waals surface area contributed by atoms with E-state index in [1.54, 1.807) is 6.92 Å². The summed E-state index contributed by atoms with van der Waals surface area (Å²) in [5, 5.41) is 18.5. The van der Waals surface area contributed by atoms with E-state index in [9.17, 15) is 4.79 Å². The number of nitrogens with one attached hydrogen (secondary N) is 2. The van der Waals surface area contributed by atoms with E-state index in [1.165, 1.54) is 17.5 Å². The van der Waals surface area contributed by atoms with Crippen molar-refractivity contribution in [1.29, 1.82) is 5.26 Å². The number of hydrogen-bond acceptors (Lipinski definition) is 5. The molecule has 0 aliphatic carbocycles. The Morgan fingerprint density at radius 2 is 2.35 bits per heavy atom. The monoisotopic (exact) mass is 247 g/mol. The van der Waals surface area contributed by atoms with Gasteiger partial charge in [0, 0.05) is 0 Å². The van der Waals surface area contributed by atoms with Gasteiger partial charge in [-0.05, 0) is 13.8 Å². The molecule has 0 atom stereocenters. The molecule has 86 valence electrons. The fourth-order valence-corrected chi connectivity index (χ4v) is 2.19. The third-order valence-electron chi connectivity index (χ3n) is 2.11. The summed E-state index contributed by atoms with van der Waals surface area (Å²) in [5.74, 6) is 0.0248. The molecule has 17 heavy (non-hydrogen) atoms. The molecule has 6 nitrogen and oxygen atoms in total. The molecule has 2 rings (SSSR count). The van der Waals surface area contributed by atoms with E-state index in [-0.39, 0.29) is 5.91 Å². The molecular weight excluding hydrogens is 238 g/mol. The number of carbonyl (C=O) groups excluding carboxylic acids is 1. The van der Waals surface area contributed by atoms with E-state index in [2.05, 4.69) is 20.5 Å². The van der Waals surface area contributed by atoms with Gasteiger partial charge in [-0.3, -0.25) is 9.89 Å². The van der Waals surface area contributed by atoms with Gasteiger partial charge in [0.15, 0.2) is 0 Å². The summed E-state index contributed by atoms with van der Waals surface area (Å²) >= 11 is 1.32. The van der Waals surface area contributed by atoms with Crippen LogP contribution in [0.5, 0.6) is 0 Å². The Bertz CT molecular complexity index is 606. The van der Waals surface area contributed by atoms with E-state index in [4.69, 9.17) is 5.26 Å². The largest absolute Gasteiger partial charge is 0.305 e. The van der Waals surface area contributed by atoms with Gasteiger partial charge in [0.05, 0.1) is 16.9 Å². The summed E-state index contributed by atoms with van der Waals surface area (Å²) in [6, 6.07) is 1.93. The van der Waals surface area contributed by atoms with Crippen molar-refractivity contribution in [3.8, 4) is 6.07 Å². The highest BCUT2D eigenvalue weighted by atomic mass is 32.1. The quantitative estimate of drug-likeness (QED) is 0.842. The highest BCUT2D eigenvalue weighted by Gasteiger charge is 2.16. The Morgan fingerprint density at radius 3 is 2.94 bits per heavy atom. The average molecular weight is 247 g/mol. The molecule has 0 unspecified atom stereocenters. The minimum absolute atomic E-state index is 0.283. The molecule has 0 fully saturated rings. The van der Waals surface area contributed by atoms with Gasteiger partial charge in [-0.25, -0.2) is 4.98 Å². The van der Waals surface area contributed by atoms with E-state index in [1.807, 2.05) is 13.0 Å². The molecule has 2 aromatic heterocycles. The van der Waals surface area contributed by atoms with Crippen LogP contribution in [0.1, 0.15) is 25.9 Å². The third kappa shape index (κ3) is 2.16. The van der Waals surface area contributed by atoms with Crippen LogP contribution in [0.15, 0.2) is 6.20 Å². The number of nitrogens with zero attached hydrogens (tertiary/aromatic N) is 3. The predicted octanol–water partition coefficient (Wildman–Crippen LogP) is 1.61. The maximum Gasteiger partial charge on any atom is 0.268 e. The zero-order valence-corrected chi connectivity index (χ0v) is 10.1. The Morgan fingerprint density at radius 1 is 1.59 bits per heavy atom. The Balaban J connectivity index is 2.24. The topological polar surface area (TPSA) is 94.5 Å². The van der Waals surface area contributed by atoms with Crippen LogP contribution in [-0.2, 0) is 0 Å². The maximum atomic E-state index is 11.9. The van der Waals surface area contributed by atoms with Crippen LogP contribution in [0.3, 0.4) is 0 Å². The molecular formula is C10H9N5OS. The third-order valence-corrected chi connectivity index (χ3v) is 3.18. The second kappa shape index (κ2) is 4.35. The minimum Gasteiger partial charge on any atom is -0.305 e. The molecule has 0 saturated carbocycles. The number of aromatic nitrogens is 3. The SMILES string of the molecule is Cc1nc(C)c(C(=O)Nc2[nH]ncc2C#N)s1. The van der Waals surface area contributed by atoms with Crippen LogP contribution in [0, 0.1) is 25.2 Å². The van der Waals surface area contributed by atoms with E-state index in [0.717, 1.165) is 5.01 Å². The lowest BCUT2D eigenvalue weighted by molar-refractivity contribution is 0.102. The van der Waals surface area contributed by atoms with Gasteiger partial charge in [-0.15, -0.1) is 11.3 Å². The number of hydrogen-bond donors (Lipinski definition) is 2. The molecule has 0 spiro atoms. The van der Waals surface area contributed by atoms with Gasteiger partial charge in [0.1, 0.15) is 22.3 Å². The second-order valence-electron chi connectivity index (χ2n) is 3.37. The zero-order chi connectivity index (χ0) is 12.4. The van der Waals surface area contributed by atoms with Crippen LogP contribution < -0.4 is 5.32 Å². The summed E-state index contributed by atoms with van der Waals surface area (Å²) in [4.78, 5) is 16.6. The maximum absolute atomic E-state index is 11.9. The van der Waals surface area contributed by atoms with Crippen LogP contribution >= 0.6 is 11.3 Å². The number of anilines is 1. The van der Waals surface area contributed by atoms with Crippen molar-refractivity contribution in [1.82, 2.24) is 15.2 Å². The first-order chi connectivity index (χ1) is 8.11. The number of amides is 1. The smallest absolute Gasteiger partial charge is 0.268 e. The van der Waals surface area contributed by atoms with Gasteiger partial charge in [0.2, 0.25) is 0 Å². The molecule has 2 N–H and O–H groups in total. The fourth-order valence-electron chi connectivity index (χ4n) is 1.38. The molecule has 0 aliphatic rings. The standard InChI is InChI=1S/C10H9N5OS/c1-5-8(17-6(2)13-5)10(16)14-9-7(3-11)4-12-15-9/h4H,1-2H3,(H2,12,14,15,16). The number of thiazole rings is 1. The van der Waals surface area contributed by atoms with Gasteiger partial charge < -0.3 is 5.32 Å². The highest BCUT2D eigenvalue weighted by Crippen LogP contribution is 2.19. The van der Waals surface area contributed by atoms with Crippen molar-refractivity contribution in [3.63, 3.8) is 0 Å². The molecule has 2 aromatic rings. The summed E-state index contributed by atoms with van der Waals surface area (Å²) in [6.45, 7) is 3.61. The molecule has 0 bridgehead atoms. The lowest BCUT2D eigenvalue weighted by Crippen LogP contribution is -2.12. The summed E-state index contributed by atoms with van der Waals surface area (Å²) in [5.41, 5.74) is 0.986. The number of carbonyl (C=O) groups is 1.